The summed E-state index contributed by atoms with van der Waals surface area (Å²) in [6.45, 7) is 20.3. The average molecular weight is 1510 g/mol. The predicted molar refractivity (Wildman–Crippen MR) is 496 cm³/mol. The van der Waals surface area contributed by atoms with E-state index in [9.17, 15) is 0 Å². The van der Waals surface area contributed by atoms with Gasteiger partial charge in [-0.2, -0.15) is 0 Å². The zero-order valence-electron chi connectivity index (χ0n) is 66.6. The number of nitrogens with zero attached hydrogens (tertiary/aromatic N) is 9. The Balaban J connectivity index is 0.586. The van der Waals surface area contributed by atoms with E-state index in [2.05, 4.69) is 362 Å². The largest absolute Gasteiger partial charge is 0.277 e. The molecule has 0 saturated heterocycles. The molecule has 0 aliphatic heterocycles. The molecule has 0 spiro atoms. The zero-order valence-corrected chi connectivity index (χ0v) is 66.6. The summed E-state index contributed by atoms with van der Waals surface area (Å²) in [5.74, 6) is 3.23. The number of hydrogen-bond acceptors (Lipinski definition) is 3. The molecule has 0 saturated carbocycles. The van der Waals surface area contributed by atoms with Gasteiger partial charge in [0.05, 0.1) is 82.8 Å². The molecule has 118 heavy (non-hydrogen) atoms. The van der Waals surface area contributed by atoms with Crippen molar-refractivity contribution in [3.05, 3.63) is 317 Å². The van der Waals surface area contributed by atoms with E-state index < -0.39 is 0 Å². The molecule has 0 N–H and O–H groups in total. The van der Waals surface area contributed by atoms with Gasteiger partial charge in [0.25, 0.3) is 0 Å². The van der Waals surface area contributed by atoms with E-state index in [0.717, 1.165) is 88.8 Å². The fourth-order valence-corrected chi connectivity index (χ4v) is 21.9. The lowest BCUT2D eigenvalue weighted by molar-refractivity contribution is 0.863. The lowest BCUT2D eigenvalue weighted by atomic mass is 9.89. The van der Waals surface area contributed by atoms with Crippen LogP contribution in [0.2, 0.25) is 0 Å². The Labute approximate surface area is 675 Å². The highest BCUT2D eigenvalue weighted by atomic mass is 15.2. The monoisotopic (exact) mass is 1510 g/mol. The molecule has 27 aromatic rings. The van der Waals surface area contributed by atoms with E-state index >= 15 is 0 Å². The van der Waals surface area contributed by atoms with Gasteiger partial charge in [-0.1, -0.05) is 165 Å². The van der Waals surface area contributed by atoms with Crippen LogP contribution in [0.15, 0.2) is 273 Å². The second kappa shape index (κ2) is 22.5. The molecule has 0 bridgehead atoms. The van der Waals surface area contributed by atoms with Crippen molar-refractivity contribution < 1.29 is 0 Å². The van der Waals surface area contributed by atoms with Gasteiger partial charge < -0.3 is 0 Å². The normalized spacial score (nSPS) is 12.9. The fourth-order valence-electron chi connectivity index (χ4n) is 21.9. The standard InChI is InChI=1S/C109H73N9/c1-55(2)75-31-61(8)103(62(9)32-75)82-42-88-84-37-63-14-10-12-16-65(63)46-93(84)116-105(88)101(54-82)115-98-51-74-26-22-70(36-78(74)44-91(98)111-108(115)116)68-20-24-72-48-95-86(39-77(72)34-68)89-41-81(102-59(6)29-57(4)30-60(102)7)53-100-106(89)118(95)109-112-92-45-79-35-69(21-25-73(79)50-97(92)114(100)109)67-19-23-71-47-94-85(38-76(71)33-67)87-40-80(83-27-18-56(3)28-58(83)5)52-99-104(87)117(94)107-110-90-43-64-15-11-13-17-66(64)49-96(90)113(99)107/h10-55H,1-9H3. The quantitative estimate of drug-likeness (QED) is 0.167. The van der Waals surface area contributed by atoms with Crippen molar-refractivity contribution in [2.75, 3.05) is 0 Å². The number of benzene rings is 18. The lowest BCUT2D eigenvalue weighted by Gasteiger charge is -2.15. The van der Waals surface area contributed by atoms with Crippen LogP contribution in [0.4, 0.5) is 0 Å². The van der Waals surface area contributed by atoms with Gasteiger partial charge >= 0.3 is 0 Å². The molecule has 9 nitrogen and oxygen atoms in total. The number of aromatic nitrogens is 9. The van der Waals surface area contributed by atoms with Crippen LogP contribution in [0, 0.1) is 48.5 Å². The Hall–Kier alpha value is -14.7. The fraction of sp³-hybridized carbons (Fsp3) is 0.0917. The Bertz CT molecular complexity index is 9280. The third-order valence-corrected chi connectivity index (χ3v) is 27.2. The molecule has 9 aromatic heterocycles. The van der Waals surface area contributed by atoms with Crippen LogP contribution in [0.3, 0.4) is 0 Å². The smallest absolute Gasteiger partial charge is 0.220 e. The van der Waals surface area contributed by atoms with Gasteiger partial charge in [-0.15, -0.1) is 0 Å². The van der Waals surface area contributed by atoms with E-state index in [1.807, 2.05) is 0 Å². The molecule has 27 rings (SSSR count). The Morgan fingerprint density at radius 1 is 0.220 bits per heavy atom. The molecule has 554 valence electrons. The highest BCUT2D eigenvalue weighted by molar-refractivity contribution is 6.24. The summed E-state index contributed by atoms with van der Waals surface area (Å²) < 4.78 is 14.5. The first-order chi connectivity index (χ1) is 57.6. The van der Waals surface area contributed by atoms with E-state index in [4.69, 9.17) is 15.0 Å². The van der Waals surface area contributed by atoms with Crippen LogP contribution in [-0.2, 0) is 0 Å². The summed E-state index contributed by atoms with van der Waals surface area (Å²) in [4.78, 5) is 16.8. The summed E-state index contributed by atoms with van der Waals surface area (Å²) in [6.07, 6.45) is 0. The molecule has 0 aliphatic rings. The maximum Gasteiger partial charge on any atom is 0.220 e. The molecule has 0 unspecified atom stereocenters. The lowest BCUT2D eigenvalue weighted by Crippen LogP contribution is -1.95. The van der Waals surface area contributed by atoms with E-state index in [1.165, 1.54) is 208 Å². The number of imidazole rings is 6. The first-order valence-electron chi connectivity index (χ1n) is 41.4. The van der Waals surface area contributed by atoms with Crippen LogP contribution < -0.4 is 0 Å². The van der Waals surface area contributed by atoms with E-state index in [0.29, 0.717) is 5.92 Å². The number of hydrogen-bond donors (Lipinski definition) is 0. The van der Waals surface area contributed by atoms with Gasteiger partial charge in [0.15, 0.2) is 0 Å². The van der Waals surface area contributed by atoms with Crippen LogP contribution in [-0.4, -0.2) is 41.4 Å². The molecule has 9 heteroatoms. The molecular formula is C109H73N9. The van der Waals surface area contributed by atoms with Crippen molar-refractivity contribution >= 4 is 197 Å². The van der Waals surface area contributed by atoms with E-state index in [1.54, 1.807) is 0 Å². The number of rotatable bonds is 6. The third kappa shape index (κ3) is 8.60. The molecule has 0 aliphatic carbocycles. The molecule has 18 aromatic carbocycles. The highest BCUT2D eigenvalue weighted by Crippen LogP contribution is 2.49. The van der Waals surface area contributed by atoms with Gasteiger partial charge in [-0.25, -0.2) is 15.0 Å². The predicted octanol–water partition coefficient (Wildman–Crippen LogP) is 28.6. The second-order valence-electron chi connectivity index (χ2n) is 34.8. The van der Waals surface area contributed by atoms with Gasteiger partial charge in [-0.05, 0) is 341 Å². The van der Waals surface area contributed by atoms with E-state index in [-0.39, 0.29) is 0 Å². The maximum absolute atomic E-state index is 5.71. The van der Waals surface area contributed by atoms with Crippen LogP contribution in [0.25, 0.3) is 253 Å². The minimum Gasteiger partial charge on any atom is -0.277 e. The highest BCUT2D eigenvalue weighted by Gasteiger charge is 2.29. The summed E-state index contributed by atoms with van der Waals surface area (Å²) in [5, 5.41) is 21.7. The first kappa shape index (κ1) is 64.7. The number of fused-ring (bicyclic) bond motifs is 30. The average Bonchev–Trinajstić information content (AvgIpc) is 1.53. The van der Waals surface area contributed by atoms with Gasteiger partial charge in [0.2, 0.25) is 17.3 Å². The van der Waals surface area contributed by atoms with Crippen LogP contribution >= 0.6 is 0 Å². The second-order valence-corrected chi connectivity index (χ2v) is 34.8. The van der Waals surface area contributed by atoms with Crippen molar-refractivity contribution in [3.8, 4) is 55.6 Å². The molecular weight excluding hydrogens is 1440 g/mol. The molecule has 0 atom stereocenters. The Morgan fingerprint density at radius 2 is 0.542 bits per heavy atom. The molecule has 0 amide bonds. The molecule has 0 radical (unpaired) electrons. The summed E-state index contributed by atoms with van der Waals surface area (Å²) in [7, 11) is 0. The summed E-state index contributed by atoms with van der Waals surface area (Å²) in [6, 6.07) is 105. The minimum absolute atomic E-state index is 0.449. The van der Waals surface area contributed by atoms with Gasteiger partial charge in [0, 0.05) is 32.3 Å². The minimum atomic E-state index is 0.449. The van der Waals surface area contributed by atoms with Crippen molar-refractivity contribution in [2.24, 2.45) is 0 Å². The Kier molecular flexibility index (Phi) is 12.3. The first-order valence-corrected chi connectivity index (χ1v) is 41.4. The molecule has 0 fully saturated rings. The summed E-state index contributed by atoms with van der Waals surface area (Å²) >= 11 is 0. The van der Waals surface area contributed by atoms with Crippen molar-refractivity contribution in [3.63, 3.8) is 0 Å². The summed E-state index contributed by atoms with van der Waals surface area (Å²) in [5.41, 5.74) is 39.3. The SMILES string of the molecule is Cc1ccc(-c2cc3c4cc5cc(-c6ccc7cc8c(cc7c6)nc6n8c7cc(-c8c(C)cc(C)cc8C)cc8c9cc%10cc(-c%11ccc%12cc%13c(cc%12c%11)nc%11n%13c%12cc(-c%13c(C)cc(C(C)C)cc%13C)cc%13c%14cc%15ccccc%15cc%14n%11c%13%12)ccc%10cc9n6c87)ccc5cc4n4c3c(c2)n2c3cc5ccccc5cc3nc24)c(C)c1. The Morgan fingerprint density at radius 3 is 0.941 bits per heavy atom. The van der Waals surface area contributed by atoms with Crippen molar-refractivity contribution in [1.29, 1.82) is 0 Å². The van der Waals surface area contributed by atoms with Gasteiger partial charge in [0.1, 0.15) is 0 Å². The van der Waals surface area contributed by atoms with Crippen molar-refractivity contribution in [1.82, 2.24) is 41.4 Å². The topological polar surface area (TPSA) is 65.1 Å². The van der Waals surface area contributed by atoms with Gasteiger partial charge in [-0.3, -0.25) is 26.4 Å². The third-order valence-electron chi connectivity index (χ3n) is 27.2. The number of aryl methyl sites for hydroxylation is 7. The zero-order chi connectivity index (χ0) is 78.2. The maximum atomic E-state index is 5.71. The van der Waals surface area contributed by atoms with Crippen LogP contribution in [0.5, 0.6) is 0 Å². The molecule has 9 heterocycles. The van der Waals surface area contributed by atoms with Crippen molar-refractivity contribution in [2.45, 2.75) is 68.2 Å². The van der Waals surface area contributed by atoms with Crippen LogP contribution in [0.1, 0.15) is 64.3 Å².